The number of aryl methyl sites for hydroxylation is 1. The average Bonchev–Trinajstić information content (AvgIpc) is 2.84. The minimum atomic E-state index is 0.404. The quantitative estimate of drug-likeness (QED) is 0.915. The molecule has 0 amide bonds. The van der Waals surface area contributed by atoms with Crippen LogP contribution in [-0.4, -0.2) is 15.8 Å². The van der Waals surface area contributed by atoms with Crippen LogP contribution >= 0.6 is 0 Å². The van der Waals surface area contributed by atoms with Crippen LogP contribution in [0.2, 0.25) is 0 Å². The molecule has 0 spiro atoms. The Balaban J connectivity index is 1.48. The van der Waals surface area contributed by atoms with Gasteiger partial charge in [0.25, 0.3) is 0 Å². The molecule has 116 valence electrons. The topological polar surface area (TPSA) is 29.9 Å². The molecule has 0 saturated heterocycles. The van der Waals surface area contributed by atoms with Crippen molar-refractivity contribution in [2.45, 2.75) is 64.5 Å². The van der Waals surface area contributed by atoms with Gasteiger partial charge in [-0.3, -0.25) is 4.68 Å². The maximum atomic E-state index is 4.31. The highest BCUT2D eigenvalue weighted by atomic mass is 15.2. The van der Waals surface area contributed by atoms with Crippen molar-refractivity contribution >= 4 is 0 Å². The third-order valence-corrected chi connectivity index (χ3v) is 6.73. The summed E-state index contributed by atoms with van der Waals surface area (Å²) in [6.07, 6.45) is 13.2. The van der Waals surface area contributed by atoms with Crippen molar-refractivity contribution in [2.75, 3.05) is 0 Å². The maximum Gasteiger partial charge on any atom is 0.0537 e. The molecular formula is C18H29N3. The molecule has 0 radical (unpaired) electrons. The van der Waals surface area contributed by atoms with Gasteiger partial charge in [-0.2, -0.15) is 5.10 Å². The molecular weight excluding hydrogens is 258 g/mol. The van der Waals surface area contributed by atoms with Gasteiger partial charge in [-0.15, -0.1) is 0 Å². The van der Waals surface area contributed by atoms with Crippen LogP contribution in [0.4, 0.5) is 0 Å². The third kappa shape index (κ3) is 2.34. The lowest BCUT2D eigenvalue weighted by molar-refractivity contribution is -0.0719. The van der Waals surface area contributed by atoms with Gasteiger partial charge in [0.15, 0.2) is 0 Å². The van der Waals surface area contributed by atoms with E-state index in [4.69, 9.17) is 0 Å². The van der Waals surface area contributed by atoms with Crippen molar-refractivity contribution in [1.82, 2.24) is 15.1 Å². The highest BCUT2D eigenvalue weighted by Gasteiger charge is 2.53. The minimum Gasteiger partial charge on any atom is -0.307 e. The van der Waals surface area contributed by atoms with Crippen LogP contribution in [0.5, 0.6) is 0 Å². The highest BCUT2D eigenvalue weighted by molar-refractivity contribution is 5.11. The lowest BCUT2D eigenvalue weighted by Gasteiger charge is -2.59. The van der Waals surface area contributed by atoms with E-state index in [9.17, 15) is 0 Å². The Morgan fingerprint density at radius 3 is 2.19 bits per heavy atom. The maximum absolute atomic E-state index is 4.31. The van der Waals surface area contributed by atoms with Crippen LogP contribution in [0.1, 0.15) is 64.0 Å². The number of rotatable bonds is 4. The molecule has 2 atom stereocenters. The van der Waals surface area contributed by atoms with E-state index < -0.39 is 0 Å². The second-order valence-corrected chi connectivity index (χ2v) is 8.34. The third-order valence-electron chi connectivity index (χ3n) is 6.73. The summed E-state index contributed by atoms with van der Waals surface area (Å²) in [5.41, 5.74) is 1.90. The van der Waals surface area contributed by atoms with Gasteiger partial charge in [-0.1, -0.05) is 0 Å². The van der Waals surface area contributed by atoms with Crippen LogP contribution in [-0.2, 0) is 7.05 Å². The molecule has 0 aliphatic heterocycles. The summed E-state index contributed by atoms with van der Waals surface area (Å²) in [5.74, 6) is 3.11. The molecule has 1 aromatic rings. The molecule has 1 aromatic heterocycles. The van der Waals surface area contributed by atoms with E-state index in [-0.39, 0.29) is 0 Å². The van der Waals surface area contributed by atoms with Crippen LogP contribution in [0.25, 0.3) is 0 Å². The summed E-state index contributed by atoms with van der Waals surface area (Å²) in [6, 6.07) is 1.03. The SMILES string of the molecule is CC(NC(C)C12CC3CC(CC(C3)C1)C2)c1cnn(C)c1. The van der Waals surface area contributed by atoms with E-state index in [1.54, 1.807) is 0 Å². The fourth-order valence-electron chi connectivity index (χ4n) is 6.02. The first kappa shape index (κ1) is 13.8. The zero-order valence-corrected chi connectivity index (χ0v) is 13.7. The average molecular weight is 287 g/mol. The van der Waals surface area contributed by atoms with Crippen LogP contribution < -0.4 is 5.32 Å². The summed E-state index contributed by atoms with van der Waals surface area (Å²) in [6.45, 7) is 4.73. The number of hydrogen-bond acceptors (Lipinski definition) is 2. The van der Waals surface area contributed by atoms with Gasteiger partial charge < -0.3 is 5.32 Å². The van der Waals surface area contributed by atoms with E-state index >= 15 is 0 Å². The molecule has 3 nitrogen and oxygen atoms in total. The second-order valence-electron chi connectivity index (χ2n) is 8.34. The molecule has 1 N–H and O–H groups in total. The second kappa shape index (κ2) is 4.84. The first-order valence-electron chi connectivity index (χ1n) is 8.79. The van der Waals surface area contributed by atoms with Crippen LogP contribution in [0, 0.1) is 23.2 Å². The molecule has 4 fully saturated rings. The first-order valence-corrected chi connectivity index (χ1v) is 8.79. The molecule has 4 saturated carbocycles. The van der Waals surface area contributed by atoms with E-state index in [1.165, 1.54) is 44.1 Å². The predicted octanol–water partition coefficient (Wildman–Crippen LogP) is 3.68. The lowest BCUT2D eigenvalue weighted by atomic mass is 9.48. The highest BCUT2D eigenvalue weighted by Crippen LogP contribution is 2.61. The molecule has 0 aromatic carbocycles. The van der Waals surface area contributed by atoms with Gasteiger partial charge in [-0.25, -0.2) is 0 Å². The monoisotopic (exact) mass is 287 g/mol. The largest absolute Gasteiger partial charge is 0.307 e. The predicted molar refractivity (Wildman–Crippen MR) is 84.8 cm³/mol. The standard InChI is InChI=1S/C18H29N3/c1-12(17-10-19-21(3)11-17)20-13(2)18-7-14-4-15(8-18)6-16(5-14)9-18/h10-16,20H,4-9H2,1-3H3. The normalized spacial score (nSPS) is 40.4. The summed E-state index contributed by atoms with van der Waals surface area (Å²) >= 11 is 0. The van der Waals surface area contributed by atoms with Crippen LogP contribution in [0.3, 0.4) is 0 Å². The van der Waals surface area contributed by atoms with Crippen molar-refractivity contribution in [3.63, 3.8) is 0 Å². The minimum absolute atomic E-state index is 0.404. The van der Waals surface area contributed by atoms with Gasteiger partial charge in [-0.05, 0) is 75.5 Å². The first-order chi connectivity index (χ1) is 10.0. The van der Waals surface area contributed by atoms with Crippen molar-refractivity contribution in [2.24, 2.45) is 30.2 Å². The fraction of sp³-hybridized carbons (Fsp3) is 0.833. The summed E-state index contributed by atoms with van der Waals surface area (Å²) in [5, 5.41) is 8.23. The van der Waals surface area contributed by atoms with Crippen molar-refractivity contribution in [3.05, 3.63) is 18.0 Å². The molecule has 4 aliphatic rings. The van der Waals surface area contributed by atoms with E-state index in [2.05, 4.69) is 30.5 Å². The smallest absolute Gasteiger partial charge is 0.0537 e. The van der Waals surface area contributed by atoms with Gasteiger partial charge in [0.2, 0.25) is 0 Å². The van der Waals surface area contributed by atoms with E-state index in [1.807, 2.05) is 17.9 Å². The summed E-state index contributed by atoms with van der Waals surface area (Å²) in [4.78, 5) is 0. The molecule has 4 aliphatic carbocycles. The van der Waals surface area contributed by atoms with Gasteiger partial charge >= 0.3 is 0 Å². The number of hydrogen-bond donors (Lipinski definition) is 1. The fourth-order valence-corrected chi connectivity index (χ4v) is 6.02. The van der Waals surface area contributed by atoms with Crippen molar-refractivity contribution in [1.29, 1.82) is 0 Å². The Bertz CT molecular complexity index is 483. The Labute approximate surface area is 128 Å². The number of nitrogens with one attached hydrogen (secondary N) is 1. The Kier molecular flexibility index (Phi) is 3.18. The lowest BCUT2D eigenvalue weighted by Crippen LogP contribution is -2.55. The van der Waals surface area contributed by atoms with Gasteiger partial charge in [0, 0.05) is 30.9 Å². The Morgan fingerprint density at radius 2 is 1.71 bits per heavy atom. The molecule has 1 heterocycles. The molecule has 5 rings (SSSR count). The Hall–Kier alpha value is -0.830. The van der Waals surface area contributed by atoms with Gasteiger partial charge in [0.05, 0.1) is 6.20 Å². The Morgan fingerprint density at radius 1 is 1.14 bits per heavy atom. The molecule has 21 heavy (non-hydrogen) atoms. The molecule has 3 heteroatoms. The van der Waals surface area contributed by atoms with E-state index in [0.717, 1.165) is 17.8 Å². The van der Waals surface area contributed by atoms with Crippen molar-refractivity contribution in [3.8, 4) is 0 Å². The summed E-state index contributed by atoms with van der Waals surface area (Å²) in [7, 11) is 2.00. The zero-order chi connectivity index (χ0) is 14.6. The summed E-state index contributed by atoms with van der Waals surface area (Å²) < 4.78 is 1.91. The molecule has 2 unspecified atom stereocenters. The van der Waals surface area contributed by atoms with Crippen LogP contribution in [0.15, 0.2) is 12.4 Å². The number of aromatic nitrogens is 2. The van der Waals surface area contributed by atoms with Crippen molar-refractivity contribution < 1.29 is 0 Å². The van der Waals surface area contributed by atoms with Gasteiger partial charge in [0.1, 0.15) is 0 Å². The van der Waals surface area contributed by atoms with E-state index in [0.29, 0.717) is 17.5 Å². The molecule has 4 bridgehead atoms. The number of nitrogens with zero attached hydrogens (tertiary/aromatic N) is 2. The zero-order valence-electron chi connectivity index (χ0n) is 13.7.